The summed E-state index contributed by atoms with van der Waals surface area (Å²) >= 11 is 0. The van der Waals surface area contributed by atoms with Crippen LogP contribution in [-0.2, 0) is 26.0 Å². The minimum Gasteiger partial charge on any atom is -0.493 e. The number of hydrogen-bond acceptors (Lipinski definition) is 7. The van der Waals surface area contributed by atoms with E-state index in [4.69, 9.17) is 4.74 Å². The van der Waals surface area contributed by atoms with Gasteiger partial charge in [0.1, 0.15) is 5.75 Å². The fraction of sp³-hybridized carbons (Fsp3) is 0.714. The molecule has 2 heterocycles. The summed E-state index contributed by atoms with van der Waals surface area (Å²) in [5.74, 6) is -1.16. The molecule has 1 unspecified atom stereocenters. The monoisotopic (exact) mass is 566 g/mol. The fourth-order valence-corrected chi connectivity index (χ4v) is 6.22. The number of amides is 1. The number of hydrogen-bond donors (Lipinski definition) is 2. The Morgan fingerprint density at radius 3 is 2.54 bits per heavy atom. The van der Waals surface area contributed by atoms with E-state index < -0.39 is 28.0 Å². The Kier molecular flexibility index (Phi) is 11.6. The fourth-order valence-electron chi connectivity index (χ4n) is 5.73. The highest BCUT2D eigenvalue weighted by molar-refractivity contribution is 7.88. The molecule has 2 N–H and O–H groups in total. The van der Waals surface area contributed by atoms with E-state index in [1.54, 1.807) is 0 Å². The Balaban J connectivity index is 1.81. The van der Waals surface area contributed by atoms with Crippen molar-refractivity contribution in [3.8, 4) is 5.75 Å². The second kappa shape index (κ2) is 14.4. The zero-order chi connectivity index (χ0) is 28.6. The van der Waals surface area contributed by atoms with E-state index >= 15 is 0 Å². The Hall–Kier alpha value is -2.21. The van der Waals surface area contributed by atoms with Gasteiger partial charge in [-0.3, -0.25) is 14.5 Å². The molecule has 3 atom stereocenters. The van der Waals surface area contributed by atoms with Crippen LogP contribution in [0.3, 0.4) is 0 Å². The summed E-state index contributed by atoms with van der Waals surface area (Å²) in [5.41, 5.74) is 2.00. The number of carboxylic acids is 1. The number of aliphatic carboxylic acids is 1. The molecular weight excluding hydrogens is 520 g/mol. The predicted octanol–water partition coefficient (Wildman–Crippen LogP) is 2.00. The molecule has 10 nitrogen and oxygen atoms in total. The number of likely N-dealkylation sites (tertiary alicyclic amines) is 1. The van der Waals surface area contributed by atoms with Crippen LogP contribution < -0.4 is 9.46 Å². The van der Waals surface area contributed by atoms with Gasteiger partial charge in [-0.2, -0.15) is 0 Å². The molecule has 220 valence electrons. The van der Waals surface area contributed by atoms with Crippen molar-refractivity contribution in [3.63, 3.8) is 0 Å². The van der Waals surface area contributed by atoms with Crippen LogP contribution in [0.5, 0.6) is 5.75 Å². The molecule has 3 rings (SSSR count). The van der Waals surface area contributed by atoms with Gasteiger partial charge < -0.3 is 19.6 Å². The van der Waals surface area contributed by atoms with Crippen LogP contribution in [0.25, 0.3) is 0 Å². The van der Waals surface area contributed by atoms with Crippen molar-refractivity contribution in [2.45, 2.75) is 57.4 Å². The van der Waals surface area contributed by atoms with Gasteiger partial charge in [0.2, 0.25) is 15.9 Å². The zero-order valence-corrected chi connectivity index (χ0v) is 24.7. The number of nitrogens with zero attached hydrogens (tertiary/aromatic N) is 3. The Morgan fingerprint density at radius 2 is 1.87 bits per heavy atom. The van der Waals surface area contributed by atoms with E-state index in [9.17, 15) is 23.1 Å². The van der Waals surface area contributed by atoms with Gasteiger partial charge in [0, 0.05) is 44.6 Å². The lowest BCUT2D eigenvalue weighted by molar-refractivity contribution is -0.143. The summed E-state index contributed by atoms with van der Waals surface area (Å²) in [6.07, 6.45) is 5.99. The number of carboxylic acid groups (broad SMARTS) is 1. The van der Waals surface area contributed by atoms with Crippen molar-refractivity contribution in [1.82, 2.24) is 19.4 Å². The molecule has 2 aliphatic heterocycles. The smallest absolute Gasteiger partial charge is 0.308 e. The van der Waals surface area contributed by atoms with Gasteiger partial charge in [-0.05, 0) is 63.5 Å². The molecular formula is C28H46N4O6S. The molecule has 11 heteroatoms. The molecule has 1 aromatic carbocycles. The molecule has 1 aromatic rings. The third kappa shape index (κ3) is 9.16. The maximum atomic E-state index is 13.6. The lowest BCUT2D eigenvalue weighted by atomic mass is 9.83. The predicted molar refractivity (Wildman–Crippen MR) is 152 cm³/mol. The zero-order valence-electron chi connectivity index (χ0n) is 23.9. The Bertz CT molecular complexity index is 1080. The van der Waals surface area contributed by atoms with Crippen molar-refractivity contribution in [2.24, 2.45) is 5.92 Å². The number of carbonyl (C=O) groups excluding carboxylic acids is 1. The van der Waals surface area contributed by atoms with Crippen LogP contribution >= 0.6 is 0 Å². The third-order valence-corrected chi connectivity index (χ3v) is 8.46. The molecule has 0 aliphatic carbocycles. The number of unbranched alkanes of at least 4 members (excludes halogenated alkanes) is 2. The van der Waals surface area contributed by atoms with Crippen molar-refractivity contribution < 1.29 is 27.9 Å². The SMILES string of the molecule is CCCCN(CCCCN(C)C)C(=O)CN1C[C@H](c2ccc3c(c2)CCO3)C(C(=O)O)[C@@H]1CCNS(C)(=O)=O. The van der Waals surface area contributed by atoms with E-state index in [-0.39, 0.29) is 24.9 Å². The summed E-state index contributed by atoms with van der Waals surface area (Å²) in [6, 6.07) is 5.40. The quantitative estimate of drug-likeness (QED) is 0.292. The molecule has 1 amide bonds. The van der Waals surface area contributed by atoms with Crippen molar-refractivity contribution in [1.29, 1.82) is 0 Å². The average Bonchev–Trinajstić information content (AvgIpc) is 3.47. The van der Waals surface area contributed by atoms with Gasteiger partial charge in [-0.1, -0.05) is 25.5 Å². The van der Waals surface area contributed by atoms with Crippen LogP contribution in [0.1, 0.15) is 56.1 Å². The topological polar surface area (TPSA) is 119 Å². The summed E-state index contributed by atoms with van der Waals surface area (Å²) in [5, 5.41) is 10.3. The summed E-state index contributed by atoms with van der Waals surface area (Å²) in [4.78, 5) is 32.2. The number of ether oxygens (including phenoxy) is 1. The summed E-state index contributed by atoms with van der Waals surface area (Å²) in [6.45, 7) is 5.71. The van der Waals surface area contributed by atoms with Crippen LogP contribution in [0.15, 0.2) is 18.2 Å². The summed E-state index contributed by atoms with van der Waals surface area (Å²) < 4.78 is 31.6. The third-order valence-electron chi connectivity index (χ3n) is 7.74. The molecule has 0 spiro atoms. The molecule has 39 heavy (non-hydrogen) atoms. The highest BCUT2D eigenvalue weighted by atomic mass is 32.2. The number of carbonyl (C=O) groups is 2. The number of fused-ring (bicyclic) bond motifs is 1. The van der Waals surface area contributed by atoms with Gasteiger partial charge in [-0.25, -0.2) is 13.1 Å². The second-order valence-corrected chi connectivity index (χ2v) is 13.0. The first-order valence-corrected chi connectivity index (χ1v) is 16.0. The van der Waals surface area contributed by atoms with E-state index in [2.05, 4.69) is 16.5 Å². The number of sulfonamides is 1. The van der Waals surface area contributed by atoms with Crippen molar-refractivity contribution in [3.05, 3.63) is 29.3 Å². The van der Waals surface area contributed by atoms with Gasteiger partial charge >= 0.3 is 5.97 Å². The maximum Gasteiger partial charge on any atom is 0.308 e. The number of benzene rings is 1. The van der Waals surface area contributed by atoms with E-state index in [0.29, 0.717) is 32.7 Å². The molecule has 2 aliphatic rings. The van der Waals surface area contributed by atoms with E-state index in [0.717, 1.165) is 61.8 Å². The van der Waals surface area contributed by atoms with Gasteiger partial charge in [0.25, 0.3) is 0 Å². The standard InChI is InChI=1S/C28H46N4O6S/c1-5-6-15-31(16-8-7-14-30(2)3)26(33)20-32-19-23(21-9-10-25-22(18-21)12-17-38-25)27(28(34)35)24(32)11-13-29-39(4,36)37/h9-10,18,23-24,27,29H,5-8,11-17,19-20H2,1-4H3,(H,34,35)/t23-,24+,27?/m1/s1. The second-order valence-electron chi connectivity index (χ2n) is 11.1. The molecule has 1 fully saturated rings. The van der Waals surface area contributed by atoms with E-state index in [1.807, 2.05) is 42.1 Å². The van der Waals surface area contributed by atoms with Crippen LogP contribution in [0.2, 0.25) is 0 Å². The number of nitrogens with one attached hydrogen (secondary N) is 1. The van der Waals surface area contributed by atoms with Gasteiger partial charge in [-0.15, -0.1) is 0 Å². The largest absolute Gasteiger partial charge is 0.493 e. The van der Waals surface area contributed by atoms with E-state index in [1.165, 1.54) is 0 Å². The Labute approximate surface area is 233 Å². The normalized spacial score (nSPS) is 21.2. The summed E-state index contributed by atoms with van der Waals surface area (Å²) in [7, 11) is 0.657. The molecule has 0 radical (unpaired) electrons. The highest BCUT2D eigenvalue weighted by Crippen LogP contribution is 2.41. The lowest BCUT2D eigenvalue weighted by Gasteiger charge is -2.30. The molecule has 0 bridgehead atoms. The number of rotatable bonds is 16. The van der Waals surface area contributed by atoms with Crippen LogP contribution in [0, 0.1) is 5.92 Å². The first kappa shape index (κ1) is 31.3. The lowest BCUT2D eigenvalue weighted by Crippen LogP contribution is -2.45. The first-order chi connectivity index (χ1) is 18.5. The minimum atomic E-state index is -3.42. The molecule has 1 saturated heterocycles. The molecule has 0 saturated carbocycles. The highest BCUT2D eigenvalue weighted by Gasteiger charge is 2.47. The maximum absolute atomic E-state index is 13.6. The first-order valence-electron chi connectivity index (χ1n) is 14.1. The van der Waals surface area contributed by atoms with Gasteiger partial charge in [0.15, 0.2) is 0 Å². The van der Waals surface area contributed by atoms with Crippen molar-refractivity contribution >= 4 is 21.9 Å². The van der Waals surface area contributed by atoms with Crippen molar-refractivity contribution in [2.75, 3.05) is 66.2 Å². The molecule has 0 aromatic heterocycles. The van der Waals surface area contributed by atoms with Crippen LogP contribution in [0.4, 0.5) is 0 Å². The van der Waals surface area contributed by atoms with Gasteiger partial charge in [0.05, 0.1) is 25.3 Å². The minimum absolute atomic E-state index is 0.00141. The van der Waals surface area contributed by atoms with Crippen LogP contribution in [-0.4, -0.2) is 112 Å². The Morgan fingerprint density at radius 1 is 1.15 bits per heavy atom. The average molecular weight is 567 g/mol.